The summed E-state index contributed by atoms with van der Waals surface area (Å²) < 4.78 is 1.15. The first-order valence-corrected chi connectivity index (χ1v) is 10.8. The normalized spacial score (nSPS) is 14.4. The van der Waals surface area contributed by atoms with Gasteiger partial charge in [-0.25, -0.2) is 15.0 Å². The van der Waals surface area contributed by atoms with Gasteiger partial charge >= 0.3 is 0 Å². The highest BCUT2D eigenvalue weighted by atomic mass is 35.5. The fourth-order valence-electron chi connectivity index (χ4n) is 3.31. The van der Waals surface area contributed by atoms with Gasteiger partial charge in [-0.15, -0.1) is 36.2 Å². The van der Waals surface area contributed by atoms with Crippen molar-refractivity contribution in [3.63, 3.8) is 0 Å². The summed E-state index contributed by atoms with van der Waals surface area (Å²) in [6.45, 7) is 4.17. The van der Waals surface area contributed by atoms with Crippen molar-refractivity contribution in [1.29, 1.82) is 0 Å². The zero-order valence-electron chi connectivity index (χ0n) is 16.3. The first kappa shape index (κ1) is 22.7. The molecule has 1 aliphatic heterocycles. The van der Waals surface area contributed by atoms with Gasteiger partial charge in [0.25, 0.3) is 0 Å². The van der Waals surface area contributed by atoms with E-state index >= 15 is 0 Å². The zero-order chi connectivity index (χ0) is 19.1. The van der Waals surface area contributed by atoms with Crippen molar-refractivity contribution in [2.24, 2.45) is 0 Å². The highest BCUT2D eigenvalue weighted by molar-refractivity contribution is 7.21. The maximum atomic E-state index is 6.19. The topological polar surface area (TPSA) is 71.2 Å². The van der Waals surface area contributed by atoms with E-state index in [0.29, 0.717) is 5.82 Å². The number of nitrogen functional groups attached to an aromatic ring is 1. The second kappa shape index (κ2) is 9.45. The van der Waals surface area contributed by atoms with E-state index in [2.05, 4.69) is 38.9 Å². The van der Waals surface area contributed by atoms with Crippen LogP contribution in [-0.2, 0) is 0 Å². The molecule has 10 heteroatoms. The van der Waals surface area contributed by atoms with Crippen LogP contribution in [0.2, 0.25) is 0 Å². The van der Waals surface area contributed by atoms with Crippen LogP contribution < -0.4 is 10.6 Å². The van der Waals surface area contributed by atoms with Gasteiger partial charge < -0.3 is 15.5 Å². The lowest BCUT2D eigenvalue weighted by Gasteiger charge is -2.32. The minimum absolute atomic E-state index is 0. The molecule has 0 atom stereocenters. The molecule has 0 unspecified atom stereocenters. The van der Waals surface area contributed by atoms with E-state index in [1.807, 2.05) is 30.6 Å². The Kier molecular flexibility index (Phi) is 7.15. The lowest BCUT2D eigenvalue weighted by molar-refractivity contribution is 0.313. The number of likely N-dealkylation sites (N-methyl/N-ethyl adjacent to an activating group) is 1. The van der Waals surface area contributed by atoms with Crippen LogP contribution >= 0.6 is 47.5 Å². The van der Waals surface area contributed by atoms with E-state index in [1.54, 1.807) is 22.7 Å². The molecular formula is C20H22Cl2N6S2. The lowest BCUT2D eigenvalue weighted by Crippen LogP contribution is -2.44. The fraction of sp³-hybridized carbons (Fsp3) is 0.250. The van der Waals surface area contributed by atoms with E-state index < -0.39 is 0 Å². The van der Waals surface area contributed by atoms with Crippen molar-refractivity contribution >= 4 is 68.7 Å². The Bertz CT molecular complexity index is 1100. The Morgan fingerprint density at radius 1 is 0.967 bits per heavy atom. The van der Waals surface area contributed by atoms with E-state index in [-0.39, 0.29) is 24.8 Å². The van der Waals surface area contributed by atoms with Gasteiger partial charge in [0.15, 0.2) is 5.13 Å². The number of anilines is 2. The number of halogens is 2. The van der Waals surface area contributed by atoms with Crippen LogP contribution in [0, 0.1) is 0 Å². The van der Waals surface area contributed by atoms with E-state index in [0.717, 1.165) is 62.5 Å². The second-order valence-electron chi connectivity index (χ2n) is 6.94. The standard InChI is InChI=1S/C20H20N6S2.2ClH/c1-25-6-8-26(9-7-25)20-23-12-17(28-20)13-10-14(18(21)22-11-13)19-24-15-4-2-3-5-16(15)27-19;;/h2-5,10-12H,6-9H2,1H3,(H2,21,22);2*1H. The number of fused-ring (bicyclic) bond motifs is 1. The smallest absolute Gasteiger partial charge is 0.185 e. The number of hydrogen-bond donors (Lipinski definition) is 1. The van der Waals surface area contributed by atoms with Gasteiger partial charge in [-0.3, -0.25) is 0 Å². The first-order valence-electron chi connectivity index (χ1n) is 9.18. The summed E-state index contributed by atoms with van der Waals surface area (Å²) >= 11 is 3.35. The molecule has 3 aromatic heterocycles. The molecule has 0 radical (unpaired) electrons. The van der Waals surface area contributed by atoms with Gasteiger partial charge in [0.05, 0.1) is 20.7 Å². The van der Waals surface area contributed by atoms with Gasteiger partial charge in [0.2, 0.25) is 0 Å². The average Bonchev–Trinajstić information content (AvgIpc) is 3.36. The first-order chi connectivity index (χ1) is 13.7. The van der Waals surface area contributed by atoms with Crippen molar-refractivity contribution in [3.05, 3.63) is 42.7 Å². The quantitative estimate of drug-likeness (QED) is 0.459. The zero-order valence-corrected chi connectivity index (χ0v) is 19.6. The molecule has 1 aliphatic rings. The minimum atomic E-state index is 0. The molecule has 0 aliphatic carbocycles. The Morgan fingerprint density at radius 2 is 1.73 bits per heavy atom. The average molecular weight is 481 g/mol. The maximum absolute atomic E-state index is 6.19. The number of hydrogen-bond acceptors (Lipinski definition) is 8. The molecule has 1 aromatic carbocycles. The number of piperazine rings is 1. The molecule has 6 nitrogen and oxygen atoms in total. The van der Waals surface area contributed by atoms with Crippen molar-refractivity contribution in [2.75, 3.05) is 43.9 Å². The summed E-state index contributed by atoms with van der Waals surface area (Å²) in [4.78, 5) is 19.6. The number of nitrogens with two attached hydrogens (primary N) is 1. The third-order valence-electron chi connectivity index (χ3n) is 4.99. The summed E-state index contributed by atoms with van der Waals surface area (Å²) in [5.41, 5.74) is 9.09. The van der Waals surface area contributed by atoms with E-state index in [4.69, 9.17) is 10.7 Å². The summed E-state index contributed by atoms with van der Waals surface area (Å²) in [5, 5.41) is 1.97. The SMILES string of the molecule is CN1CCN(c2ncc(-c3cnc(N)c(-c4nc5ccccc5s4)c3)s2)CC1.Cl.Cl. The van der Waals surface area contributed by atoms with Crippen LogP contribution in [0.3, 0.4) is 0 Å². The number of benzene rings is 1. The predicted molar refractivity (Wildman–Crippen MR) is 133 cm³/mol. The molecule has 1 saturated heterocycles. The summed E-state index contributed by atoms with van der Waals surface area (Å²) in [5.74, 6) is 0.506. The molecule has 2 N–H and O–H groups in total. The number of para-hydroxylation sites is 1. The molecular weight excluding hydrogens is 459 g/mol. The van der Waals surface area contributed by atoms with Crippen molar-refractivity contribution in [2.45, 2.75) is 0 Å². The molecule has 5 rings (SSSR count). The molecule has 4 heterocycles. The summed E-state index contributed by atoms with van der Waals surface area (Å²) in [6, 6.07) is 10.2. The van der Waals surface area contributed by atoms with Crippen molar-refractivity contribution in [1.82, 2.24) is 19.9 Å². The van der Waals surface area contributed by atoms with E-state index in [9.17, 15) is 0 Å². The van der Waals surface area contributed by atoms with Gasteiger partial charge in [0, 0.05) is 44.1 Å². The van der Waals surface area contributed by atoms with Gasteiger partial charge in [-0.1, -0.05) is 23.5 Å². The lowest BCUT2D eigenvalue weighted by atomic mass is 10.2. The van der Waals surface area contributed by atoms with Gasteiger partial charge in [-0.05, 0) is 25.2 Å². The third-order valence-corrected chi connectivity index (χ3v) is 7.17. The minimum Gasteiger partial charge on any atom is -0.383 e. The largest absolute Gasteiger partial charge is 0.383 e. The molecule has 0 saturated carbocycles. The monoisotopic (exact) mass is 480 g/mol. The highest BCUT2D eigenvalue weighted by Gasteiger charge is 2.18. The Balaban J connectivity index is 0.00000128. The fourth-order valence-corrected chi connectivity index (χ4v) is 5.25. The maximum Gasteiger partial charge on any atom is 0.185 e. The Labute approximate surface area is 195 Å². The number of rotatable bonds is 3. The predicted octanol–water partition coefficient (Wildman–Crippen LogP) is 4.66. The third kappa shape index (κ3) is 4.38. The van der Waals surface area contributed by atoms with Crippen LogP contribution in [0.1, 0.15) is 0 Å². The molecule has 0 spiro atoms. The van der Waals surface area contributed by atoms with Crippen LogP contribution in [0.25, 0.3) is 31.2 Å². The Hall–Kier alpha value is -1.97. The van der Waals surface area contributed by atoms with Crippen molar-refractivity contribution < 1.29 is 0 Å². The van der Waals surface area contributed by atoms with Crippen molar-refractivity contribution in [3.8, 4) is 21.0 Å². The molecule has 30 heavy (non-hydrogen) atoms. The molecule has 0 amide bonds. The molecule has 4 aromatic rings. The second-order valence-corrected chi connectivity index (χ2v) is 8.98. The molecule has 158 valence electrons. The van der Waals surface area contributed by atoms with Gasteiger partial charge in [-0.2, -0.15) is 0 Å². The van der Waals surface area contributed by atoms with Crippen LogP contribution in [-0.4, -0.2) is 53.1 Å². The van der Waals surface area contributed by atoms with E-state index in [1.165, 1.54) is 0 Å². The molecule has 0 bridgehead atoms. The van der Waals surface area contributed by atoms with Crippen LogP contribution in [0.5, 0.6) is 0 Å². The number of thiazole rings is 2. The van der Waals surface area contributed by atoms with Crippen LogP contribution in [0.4, 0.5) is 10.9 Å². The summed E-state index contributed by atoms with van der Waals surface area (Å²) in [6.07, 6.45) is 3.76. The highest BCUT2D eigenvalue weighted by Crippen LogP contribution is 2.37. The van der Waals surface area contributed by atoms with Crippen LogP contribution in [0.15, 0.2) is 42.7 Å². The molecule has 1 fully saturated rings. The number of pyridine rings is 1. The Morgan fingerprint density at radius 3 is 2.50 bits per heavy atom. The van der Waals surface area contributed by atoms with Gasteiger partial charge in [0.1, 0.15) is 10.8 Å². The number of aromatic nitrogens is 3. The summed E-state index contributed by atoms with van der Waals surface area (Å²) in [7, 11) is 2.16. The number of nitrogens with zero attached hydrogens (tertiary/aromatic N) is 5.